The van der Waals surface area contributed by atoms with Crippen LogP contribution in [0.5, 0.6) is 5.88 Å². The van der Waals surface area contributed by atoms with Crippen LogP contribution in [0.15, 0.2) is 30.5 Å². The second-order valence-electron chi connectivity index (χ2n) is 3.93. The van der Waals surface area contributed by atoms with Gasteiger partial charge in [0.25, 0.3) is 0 Å². The van der Waals surface area contributed by atoms with Gasteiger partial charge in [-0.05, 0) is 6.07 Å². The maximum Gasteiger partial charge on any atom is 0.245 e. The maximum atomic E-state index is 13.3. The van der Waals surface area contributed by atoms with Crippen LogP contribution in [0.25, 0.3) is 0 Å². The zero-order chi connectivity index (χ0) is 13.5. The molecule has 0 amide bonds. The van der Waals surface area contributed by atoms with Gasteiger partial charge in [-0.25, -0.2) is 4.39 Å². The Hall–Kier alpha value is -1.57. The number of nitrogens with zero attached hydrogens (tertiary/aromatic N) is 2. The number of aromatic nitrogens is 2. The van der Waals surface area contributed by atoms with Crippen LogP contribution in [-0.2, 0) is 6.54 Å². The quantitative estimate of drug-likeness (QED) is 0.799. The lowest BCUT2D eigenvalue weighted by molar-refractivity contribution is 0.104. The minimum absolute atomic E-state index is 0.121. The predicted molar refractivity (Wildman–Crippen MR) is 69.5 cm³/mol. The smallest absolute Gasteiger partial charge is 0.245 e. The van der Waals surface area contributed by atoms with Gasteiger partial charge in [0.2, 0.25) is 5.88 Å². The van der Waals surface area contributed by atoms with E-state index in [9.17, 15) is 9.50 Å². The average Bonchev–Trinajstić information content (AvgIpc) is 2.92. The summed E-state index contributed by atoms with van der Waals surface area (Å²) >= 11 is 1.04. The van der Waals surface area contributed by atoms with E-state index in [1.54, 1.807) is 18.2 Å². The van der Waals surface area contributed by atoms with Crippen molar-refractivity contribution in [3.05, 3.63) is 41.8 Å². The summed E-state index contributed by atoms with van der Waals surface area (Å²) in [5.41, 5.74) is 0.569. The Kier molecular flexibility index (Phi) is 5.20. The topological polar surface area (TPSA) is 67.3 Å². The molecule has 2 aromatic rings. The van der Waals surface area contributed by atoms with Gasteiger partial charge >= 0.3 is 0 Å². The number of nitrogens with one attached hydrogen (secondary N) is 1. The van der Waals surface area contributed by atoms with E-state index in [0.717, 1.165) is 11.7 Å². The van der Waals surface area contributed by atoms with Crippen molar-refractivity contribution in [1.29, 1.82) is 0 Å². The molecule has 2 N–H and O–H groups in total. The zero-order valence-corrected chi connectivity index (χ0v) is 10.9. The molecule has 0 radical (unpaired) electrons. The molecule has 0 saturated heterocycles. The van der Waals surface area contributed by atoms with Gasteiger partial charge in [0.1, 0.15) is 24.7 Å². The molecule has 102 valence electrons. The van der Waals surface area contributed by atoms with Crippen molar-refractivity contribution in [3.8, 4) is 5.88 Å². The number of rotatable bonds is 7. The first-order chi connectivity index (χ1) is 9.25. The maximum absolute atomic E-state index is 13.3. The van der Waals surface area contributed by atoms with Gasteiger partial charge in [-0.15, -0.1) is 4.37 Å². The van der Waals surface area contributed by atoms with Crippen LogP contribution in [0.4, 0.5) is 4.39 Å². The third-order valence-corrected chi connectivity index (χ3v) is 2.88. The van der Waals surface area contributed by atoms with Gasteiger partial charge in [-0.1, -0.05) is 18.2 Å². The molecule has 2 rings (SSSR count). The van der Waals surface area contributed by atoms with E-state index in [1.165, 1.54) is 12.3 Å². The summed E-state index contributed by atoms with van der Waals surface area (Å²) in [5, 5.41) is 12.6. The fourth-order valence-corrected chi connectivity index (χ4v) is 1.84. The van der Waals surface area contributed by atoms with Crippen molar-refractivity contribution < 1.29 is 14.2 Å². The highest BCUT2D eigenvalue weighted by molar-refractivity contribution is 6.99. The molecule has 1 aromatic heterocycles. The first-order valence-electron chi connectivity index (χ1n) is 5.78. The Morgan fingerprint density at radius 1 is 1.42 bits per heavy atom. The molecule has 1 atom stereocenters. The van der Waals surface area contributed by atoms with Crippen molar-refractivity contribution in [2.75, 3.05) is 13.2 Å². The number of hydrogen-bond donors (Lipinski definition) is 2. The van der Waals surface area contributed by atoms with Crippen LogP contribution in [0.3, 0.4) is 0 Å². The fourth-order valence-electron chi connectivity index (χ4n) is 1.48. The Labute approximate surface area is 114 Å². The van der Waals surface area contributed by atoms with Crippen LogP contribution in [0.1, 0.15) is 5.56 Å². The Morgan fingerprint density at radius 2 is 2.26 bits per heavy atom. The lowest BCUT2D eigenvalue weighted by Crippen LogP contribution is -2.31. The normalized spacial score (nSPS) is 12.3. The van der Waals surface area contributed by atoms with Crippen molar-refractivity contribution in [2.24, 2.45) is 0 Å². The highest BCUT2D eigenvalue weighted by atomic mass is 32.1. The summed E-state index contributed by atoms with van der Waals surface area (Å²) in [4.78, 5) is 0. The second-order valence-corrected chi connectivity index (χ2v) is 4.49. The van der Waals surface area contributed by atoms with E-state index in [4.69, 9.17) is 4.74 Å². The SMILES string of the molecule is OC(CNCc1ccccc1F)COc1cnsn1. The summed E-state index contributed by atoms with van der Waals surface area (Å²) in [6, 6.07) is 6.52. The Bertz CT molecular complexity index is 495. The van der Waals surface area contributed by atoms with Crippen molar-refractivity contribution >= 4 is 11.7 Å². The third kappa shape index (κ3) is 4.55. The summed E-state index contributed by atoms with van der Waals surface area (Å²) in [6.07, 6.45) is 0.804. The summed E-state index contributed by atoms with van der Waals surface area (Å²) in [5.74, 6) is 0.146. The van der Waals surface area contributed by atoms with Crippen LogP contribution >= 0.6 is 11.7 Å². The highest BCUT2D eigenvalue weighted by Crippen LogP contribution is 2.06. The van der Waals surface area contributed by atoms with E-state index < -0.39 is 6.10 Å². The molecule has 0 saturated carbocycles. The molecule has 19 heavy (non-hydrogen) atoms. The lowest BCUT2D eigenvalue weighted by Gasteiger charge is -2.12. The molecule has 0 aliphatic heterocycles. The molecular weight excluding hydrogens is 269 g/mol. The number of benzene rings is 1. The van der Waals surface area contributed by atoms with Gasteiger partial charge < -0.3 is 15.2 Å². The van der Waals surface area contributed by atoms with Crippen molar-refractivity contribution in [3.63, 3.8) is 0 Å². The first kappa shape index (κ1) is 13.9. The fraction of sp³-hybridized carbons (Fsp3) is 0.333. The number of ether oxygens (including phenoxy) is 1. The molecule has 0 bridgehead atoms. The minimum atomic E-state index is -0.687. The number of aliphatic hydroxyl groups is 1. The van der Waals surface area contributed by atoms with Crippen LogP contribution in [0.2, 0.25) is 0 Å². The van der Waals surface area contributed by atoms with E-state index in [2.05, 4.69) is 14.1 Å². The minimum Gasteiger partial charge on any atom is -0.473 e. The highest BCUT2D eigenvalue weighted by Gasteiger charge is 2.07. The van der Waals surface area contributed by atoms with Gasteiger partial charge in [0.05, 0.1) is 11.7 Å². The van der Waals surface area contributed by atoms with Crippen molar-refractivity contribution in [1.82, 2.24) is 14.1 Å². The molecule has 5 nitrogen and oxygen atoms in total. The summed E-state index contributed by atoms with van der Waals surface area (Å²) in [6.45, 7) is 0.795. The van der Waals surface area contributed by atoms with Crippen LogP contribution in [-0.4, -0.2) is 33.1 Å². The van der Waals surface area contributed by atoms with E-state index in [1.807, 2.05) is 0 Å². The average molecular weight is 283 g/mol. The molecule has 0 fully saturated rings. The molecule has 7 heteroatoms. The number of hydrogen-bond acceptors (Lipinski definition) is 6. The zero-order valence-electron chi connectivity index (χ0n) is 10.1. The van der Waals surface area contributed by atoms with Gasteiger partial charge in [-0.2, -0.15) is 4.37 Å². The largest absolute Gasteiger partial charge is 0.473 e. The van der Waals surface area contributed by atoms with E-state index >= 15 is 0 Å². The van der Waals surface area contributed by atoms with Crippen LogP contribution < -0.4 is 10.1 Å². The van der Waals surface area contributed by atoms with Crippen molar-refractivity contribution in [2.45, 2.75) is 12.6 Å². The molecule has 0 aliphatic rings. The molecule has 1 aromatic carbocycles. The lowest BCUT2D eigenvalue weighted by atomic mass is 10.2. The number of aliphatic hydroxyl groups excluding tert-OH is 1. The third-order valence-electron chi connectivity index (χ3n) is 2.42. The standard InChI is InChI=1S/C12H14FN3O2S/c13-11-4-2-1-3-9(11)5-14-6-10(17)8-18-12-7-15-19-16-12/h1-4,7,10,14,17H,5-6,8H2. The second kappa shape index (κ2) is 7.13. The molecule has 0 spiro atoms. The van der Waals surface area contributed by atoms with Gasteiger partial charge in [-0.3, -0.25) is 0 Å². The Morgan fingerprint density at radius 3 is 3.00 bits per heavy atom. The summed E-state index contributed by atoms with van der Waals surface area (Å²) < 4.78 is 26.1. The molecule has 0 aliphatic carbocycles. The molecular formula is C12H14FN3O2S. The Balaban J connectivity index is 1.66. The van der Waals surface area contributed by atoms with Crippen LogP contribution in [0, 0.1) is 5.82 Å². The van der Waals surface area contributed by atoms with E-state index in [-0.39, 0.29) is 12.4 Å². The van der Waals surface area contributed by atoms with Gasteiger partial charge in [0.15, 0.2) is 0 Å². The summed E-state index contributed by atoms with van der Waals surface area (Å²) in [7, 11) is 0. The monoisotopic (exact) mass is 283 g/mol. The number of halogens is 1. The molecule has 1 heterocycles. The molecule has 1 unspecified atom stereocenters. The predicted octanol–water partition coefficient (Wildman–Crippen LogP) is 1.21. The first-order valence-corrected chi connectivity index (χ1v) is 6.51. The van der Waals surface area contributed by atoms with Gasteiger partial charge in [0, 0.05) is 18.7 Å². The van der Waals surface area contributed by atoms with E-state index in [0.29, 0.717) is 24.5 Å².